The molecule has 0 saturated carbocycles. The zero-order valence-corrected chi connectivity index (χ0v) is 20.7. The van der Waals surface area contributed by atoms with E-state index in [0.29, 0.717) is 35.9 Å². The van der Waals surface area contributed by atoms with Crippen molar-refractivity contribution in [3.8, 4) is 0 Å². The number of nitrogens with one attached hydrogen (secondary N) is 2. The van der Waals surface area contributed by atoms with Gasteiger partial charge in [0.05, 0.1) is 23.5 Å². The number of anilines is 1. The first-order valence-electron chi connectivity index (χ1n) is 12.9. The molecule has 3 aliphatic rings. The summed E-state index contributed by atoms with van der Waals surface area (Å²) in [7, 11) is 0. The van der Waals surface area contributed by atoms with E-state index in [9.17, 15) is 9.59 Å². The number of hydrogen-bond acceptors (Lipinski definition) is 5. The number of carbonyl (C=O) groups excluding carboxylic acids is 2. The van der Waals surface area contributed by atoms with Crippen LogP contribution in [0.1, 0.15) is 56.3 Å². The van der Waals surface area contributed by atoms with E-state index in [2.05, 4.69) is 34.3 Å². The standard InChI is InChI=1S/C27H39N5O2/c1-3-30(4-2)17-8-7-10-21-14-18-31(19-15-21)20-25(33)32-24-13-6-5-11-22(24)27(34)29-23-12-9-16-28-26(23)32/h5-6,9,11-13,21,28H,3-4,7-8,10,14-20H2,1-2H3,(H,29,34). The number of benzene rings is 1. The molecule has 4 rings (SSSR count). The Morgan fingerprint density at radius 2 is 1.88 bits per heavy atom. The first-order chi connectivity index (χ1) is 16.6. The van der Waals surface area contributed by atoms with Crippen molar-refractivity contribution in [2.75, 3.05) is 50.7 Å². The lowest BCUT2D eigenvalue weighted by atomic mass is 9.91. The molecule has 1 fully saturated rings. The predicted octanol–water partition coefficient (Wildman–Crippen LogP) is 3.32. The second-order valence-corrected chi connectivity index (χ2v) is 9.49. The largest absolute Gasteiger partial charge is 0.366 e. The van der Waals surface area contributed by atoms with Crippen molar-refractivity contribution < 1.29 is 9.59 Å². The average molecular weight is 466 g/mol. The minimum absolute atomic E-state index is 0.00285. The van der Waals surface area contributed by atoms with Gasteiger partial charge >= 0.3 is 0 Å². The maximum atomic E-state index is 13.6. The number of amides is 2. The van der Waals surface area contributed by atoms with Crippen molar-refractivity contribution in [2.45, 2.75) is 46.0 Å². The highest BCUT2D eigenvalue weighted by Gasteiger charge is 2.32. The molecule has 3 heterocycles. The minimum Gasteiger partial charge on any atom is -0.366 e. The van der Waals surface area contributed by atoms with E-state index >= 15 is 0 Å². The molecule has 0 aliphatic carbocycles. The van der Waals surface area contributed by atoms with Gasteiger partial charge in [0.1, 0.15) is 5.82 Å². The molecular formula is C27H39N5O2. The summed E-state index contributed by atoms with van der Waals surface area (Å²) in [6.45, 7) is 10.8. The molecule has 0 radical (unpaired) electrons. The molecule has 34 heavy (non-hydrogen) atoms. The van der Waals surface area contributed by atoms with Crippen LogP contribution < -0.4 is 15.5 Å². The van der Waals surface area contributed by atoms with Gasteiger partial charge < -0.3 is 15.5 Å². The van der Waals surface area contributed by atoms with Gasteiger partial charge in [0, 0.05) is 6.54 Å². The van der Waals surface area contributed by atoms with Gasteiger partial charge in [-0.2, -0.15) is 0 Å². The van der Waals surface area contributed by atoms with Crippen molar-refractivity contribution in [1.82, 2.24) is 20.4 Å². The maximum Gasteiger partial charge on any atom is 0.257 e. The summed E-state index contributed by atoms with van der Waals surface area (Å²) >= 11 is 0. The van der Waals surface area contributed by atoms with E-state index < -0.39 is 0 Å². The van der Waals surface area contributed by atoms with Crippen LogP contribution in [0.25, 0.3) is 0 Å². The van der Waals surface area contributed by atoms with Gasteiger partial charge in [-0.3, -0.25) is 19.4 Å². The fourth-order valence-corrected chi connectivity index (χ4v) is 5.24. The van der Waals surface area contributed by atoms with Crippen LogP contribution in [0, 0.1) is 5.92 Å². The molecule has 1 aromatic carbocycles. The number of carbonyl (C=O) groups is 2. The topological polar surface area (TPSA) is 67.9 Å². The van der Waals surface area contributed by atoms with Crippen molar-refractivity contribution in [3.63, 3.8) is 0 Å². The summed E-state index contributed by atoms with van der Waals surface area (Å²) in [5.41, 5.74) is 1.80. The third-order valence-corrected chi connectivity index (χ3v) is 7.33. The molecule has 2 amide bonds. The smallest absolute Gasteiger partial charge is 0.257 e. The molecule has 0 unspecified atom stereocenters. The van der Waals surface area contributed by atoms with Crippen molar-refractivity contribution in [3.05, 3.63) is 53.5 Å². The van der Waals surface area contributed by atoms with Crippen molar-refractivity contribution in [1.29, 1.82) is 0 Å². The van der Waals surface area contributed by atoms with Gasteiger partial charge in [-0.15, -0.1) is 0 Å². The van der Waals surface area contributed by atoms with E-state index in [4.69, 9.17) is 0 Å². The number of likely N-dealkylation sites (tertiary alicyclic amines) is 1. The van der Waals surface area contributed by atoms with Crippen LogP contribution in [0.5, 0.6) is 0 Å². The molecule has 7 heteroatoms. The van der Waals surface area contributed by atoms with E-state index in [-0.39, 0.29) is 11.8 Å². The molecule has 184 valence electrons. The van der Waals surface area contributed by atoms with Crippen LogP contribution in [0.15, 0.2) is 47.9 Å². The number of allylic oxidation sites excluding steroid dienone is 1. The lowest BCUT2D eigenvalue weighted by Crippen LogP contribution is -2.46. The molecule has 7 nitrogen and oxygen atoms in total. The number of dihydropyridines is 1. The number of hydrogen-bond donors (Lipinski definition) is 2. The number of fused-ring (bicyclic) bond motifs is 1. The SMILES string of the molecule is CCN(CC)CCCCC1CCN(CC(=O)N2C3=C(C=CCN3)NC(=O)c3ccccc32)CC1. The van der Waals surface area contributed by atoms with E-state index in [0.717, 1.165) is 44.9 Å². The van der Waals surface area contributed by atoms with Crippen LogP contribution in [0.4, 0.5) is 5.69 Å². The van der Waals surface area contributed by atoms with Crippen LogP contribution >= 0.6 is 0 Å². The van der Waals surface area contributed by atoms with Crippen molar-refractivity contribution in [2.24, 2.45) is 5.92 Å². The van der Waals surface area contributed by atoms with Gasteiger partial charge in [-0.05, 0) is 76.1 Å². The number of rotatable bonds is 9. The van der Waals surface area contributed by atoms with Gasteiger partial charge in [0.15, 0.2) is 0 Å². The van der Waals surface area contributed by atoms with Crippen LogP contribution in [-0.4, -0.2) is 67.4 Å². The van der Waals surface area contributed by atoms with Crippen molar-refractivity contribution >= 4 is 17.5 Å². The number of para-hydroxylation sites is 1. The Labute approximate surface area is 203 Å². The molecular weight excluding hydrogens is 426 g/mol. The first-order valence-corrected chi connectivity index (χ1v) is 12.9. The lowest BCUT2D eigenvalue weighted by molar-refractivity contribution is -0.119. The summed E-state index contributed by atoms with van der Waals surface area (Å²) < 4.78 is 0. The zero-order chi connectivity index (χ0) is 23.9. The predicted molar refractivity (Wildman–Crippen MR) is 136 cm³/mol. The Morgan fingerprint density at radius 1 is 1.12 bits per heavy atom. The summed E-state index contributed by atoms with van der Waals surface area (Å²) in [4.78, 5) is 32.8. The normalized spacial score (nSPS) is 18.9. The molecule has 0 bridgehead atoms. The Hall–Kier alpha value is -2.64. The Bertz CT molecular complexity index is 929. The number of nitrogens with zero attached hydrogens (tertiary/aromatic N) is 3. The van der Waals surface area contributed by atoms with Gasteiger partial charge in [0.2, 0.25) is 5.91 Å². The summed E-state index contributed by atoms with van der Waals surface area (Å²) in [5, 5.41) is 6.25. The average Bonchev–Trinajstić information content (AvgIpc) is 2.99. The third-order valence-electron chi connectivity index (χ3n) is 7.33. The molecule has 0 aromatic heterocycles. The minimum atomic E-state index is -0.187. The molecule has 1 aromatic rings. The maximum absolute atomic E-state index is 13.6. The quantitative estimate of drug-likeness (QED) is 0.548. The van der Waals surface area contributed by atoms with E-state index in [1.165, 1.54) is 25.8 Å². The summed E-state index contributed by atoms with van der Waals surface area (Å²) in [5.74, 6) is 1.24. The highest BCUT2D eigenvalue weighted by molar-refractivity contribution is 6.08. The van der Waals surface area contributed by atoms with Crippen LogP contribution in [0.2, 0.25) is 0 Å². The molecule has 0 spiro atoms. The molecule has 0 atom stereocenters. The van der Waals surface area contributed by atoms with Crippen LogP contribution in [0.3, 0.4) is 0 Å². The summed E-state index contributed by atoms with van der Waals surface area (Å²) in [6, 6.07) is 7.34. The van der Waals surface area contributed by atoms with Gasteiger partial charge in [-0.25, -0.2) is 0 Å². The number of unbranched alkanes of at least 4 members (excludes halogenated alkanes) is 1. The van der Waals surface area contributed by atoms with Crippen LogP contribution in [-0.2, 0) is 4.79 Å². The first kappa shape index (κ1) is 24.5. The van der Waals surface area contributed by atoms with Gasteiger partial charge in [0.25, 0.3) is 5.91 Å². The second-order valence-electron chi connectivity index (χ2n) is 9.49. The fraction of sp³-hybridized carbons (Fsp3) is 0.556. The Morgan fingerprint density at radius 3 is 2.65 bits per heavy atom. The molecule has 2 N–H and O–H groups in total. The monoisotopic (exact) mass is 465 g/mol. The van der Waals surface area contributed by atoms with E-state index in [1.807, 2.05) is 30.4 Å². The molecule has 1 saturated heterocycles. The third kappa shape index (κ3) is 5.70. The Balaban J connectivity index is 1.35. The summed E-state index contributed by atoms with van der Waals surface area (Å²) in [6.07, 6.45) is 10.0. The fourth-order valence-electron chi connectivity index (χ4n) is 5.24. The zero-order valence-electron chi connectivity index (χ0n) is 20.7. The number of piperidine rings is 1. The second kappa shape index (κ2) is 11.7. The van der Waals surface area contributed by atoms with Gasteiger partial charge in [-0.1, -0.05) is 44.9 Å². The Kier molecular flexibility index (Phi) is 8.40. The van der Waals surface area contributed by atoms with E-state index in [1.54, 1.807) is 11.0 Å². The lowest BCUT2D eigenvalue weighted by Gasteiger charge is -2.34. The highest BCUT2D eigenvalue weighted by Crippen LogP contribution is 2.29. The molecule has 3 aliphatic heterocycles. The highest BCUT2D eigenvalue weighted by atomic mass is 16.2.